The molecule has 1 aliphatic heterocycles. The predicted molar refractivity (Wildman–Crippen MR) is 84.1 cm³/mol. The van der Waals surface area contributed by atoms with E-state index in [-0.39, 0.29) is 23.3 Å². The van der Waals surface area contributed by atoms with Crippen LogP contribution in [0.1, 0.15) is 24.3 Å². The van der Waals surface area contributed by atoms with Crippen LogP contribution in [0.25, 0.3) is 0 Å². The zero-order valence-corrected chi connectivity index (χ0v) is 13.2. The van der Waals surface area contributed by atoms with Crippen LogP contribution in [0.2, 0.25) is 0 Å². The molecule has 1 heterocycles. The van der Waals surface area contributed by atoms with Gasteiger partial charge in [-0.15, -0.1) is 0 Å². The maximum Gasteiger partial charge on any atom is 0.223 e. The van der Waals surface area contributed by atoms with Crippen LogP contribution in [0.15, 0.2) is 18.2 Å². The molecule has 1 aromatic rings. The van der Waals surface area contributed by atoms with Gasteiger partial charge in [0.05, 0.1) is 0 Å². The normalized spacial score (nSPS) is 24.4. The summed E-state index contributed by atoms with van der Waals surface area (Å²) in [5.41, 5.74) is 0.0634. The summed E-state index contributed by atoms with van der Waals surface area (Å²) in [6.07, 6.45) is 1.43. The largest absolute Gasteiger partial charge is 0.356 e. The molecule has 2 atom stereocenters. The van der Waals surface area contributed by atoms with Gasteiger partial charge in [0, 0.05) is 50.1 Å². The third-order valence-electron chi connectivity index (χ3n) is 4.66. The molecule has 0 spiro atoms. The van der Waals surface area contributed by atoms with Gasteiger partial charge in [-0.25, -0.2) is 8.78 Å². The Morgan fingerprint density at radius 2 is 1.96 bits per heavy atom. The number of carbonyl (C=O) groups excluding carboxylic acids is 1. The minimum absolute atomic E-state index is 0.0634. The second-order valence-corrected chi connectivity index (χ2v) is 6.32. The lowest BCUT2D eigenvalue weighted by Crippen LogP contribution is -2.44. The van der Waals surface area contributed by atoms with E-state index in [9.17, 15) is 13.6 Å². The Bertz CT molecular complexity index is 541. The van der Waals surface area contributed by atoms with Crippen molar-refractivity contribution in [3.63, 3.8) is 0 Å². The van der Waals surface area contributed by atoms with E-state index in [1.807, 2.05) is 0 Å². The molecule has 2 N–H and O–H groups in total. The molecule has 6 heteroatoms. The van der Waals surface area contributed by atoms with Crippen LogP contribution in [-0.2, 0) is 4.79 Å². The molecule has 126 valence electrons. The van der Waals surface area contributed by atoms with Gasteiger partial charge in [0.1, 0.15) is 11.6 Å². The van der Waals surface area contributed by atoms with E-state index in [2.05, 4.69) is 15.5 Å². The number of hydrogen-bond acceptors (Lipinski definition) is 3. The maximum atomic E-state index is 13.7. The van der Waals surface area contributed by atoms with Gasteiger partial charge >= 0.3 is 0 Å². The number of benzene rings is 1. The molecule has 23 heavy (non-hydrogen) atoms. The Kier molecular flexibility index (Phi) is 5.23. The van der Waals surface area contributed by atoms with E-state index in [4.69, 9.17) is 0 Å². The fourth-order valence-electron chi connectivity index (χ4n) is 3.25. The quantitative estimate of drug-likeness (QED) is 0.780. The van der Waals surface area contributed by atoms with Crippen LogP contribution < -0.4 is 10.6 Å². The standard InChI is InChI=1S/C17H23F2N3O/c18-14-3-1-4-15(19)16(14)12-11-13(12)17(23)21-5-2-8-22-9-6-20-7-10-22/h1,3-4,12-13,20H,2,5-11H2,(H,21,23). The zero-order chi connectivity index (χ0) is 16.2. The molecule has 2 aliphatic rings. The minimum atomic E-state index is -0.552. The van der Waals surface area contributed by atoms with E-state index in [0.29, 0.717) is 13.0 Å². The monoisotopic (exact) mass is 323 g/mol. The van der Waals surface area contributed by atoms with Gasteiger partial charge < -0.3 is 15.5 Å². The number of halogens is 2. The predicted octanol–water partition coefficient (Wildman–Crippen LogP) is 1.48. The highest BCUT2D eigenvalue weighted by molar-refractivity contribution is 5.82. The molecule has 1 amide bonds. The Labute approximate surface area is 135 Å². The van der Waals surface area contributed by atoms with Gasteiger partial charge in [-0.05, 0) is 31.5 Å². The molecule has 4 nitrogen and oxygen atoms in total. The van der Waals surface area contributed by atoms with Crippen molar-refractivity contribution in [1.82, 2.24) is 15.5 Å². The van der Waals surface area contributed by atoms with Crippen LogP contribution in [0.5, 0.6) is 0 Å². The van der Waals surface area contributed by atoms with Gasteiger partial charge in [-0.3, -0.25) is 4.79 Å². The van der Waals surface area contributed by atoms with Crippen LogP contribution in [-0.4, -0.2) is 50.1 Å². The van der Waals surface area contributed by atoms with Crippen LogP contribution in [0.4, 0.5) is 8.78 Å². The Morgan fingerprint density at radius 1 is 1.26 bits per heavy atom. The van der Waals surface area contributed by atoms with E-state index >= 15 is 0 Å². The van der Waals surface area contributed by atoms with Gasteiger partial charge in [0.15, 0.2) is 0 Å². The molecular weight excluding hydrogens is 300 g/mol. The highest BCUT2D eigenvalue weighted by Gasteiger charge is 2.46. The van der Waals surface area contributed by atoms with Crippen molar-refractivity contribution in [3.8, 4) is 0 Å². The molecule has 2 fully saturated rings. The van der Waals surface area contributed by atoms with Gasteiger partial charge in [0.25, 0.3) is 0 Å². The average molecular weight is 323 g/mol. The molecule has 0 bridgehead atoms. The number of nitrogens with zero attached hydrogens (tertiary/aromatic N) is 1. The SMILES string of the molecule is O=C(NCCCN1CCNCC1)C1CC1c1c(F)cccc1F. The number of rotatable bonds is 6. The first-order valence-corrected chi connectivity index (χ1v) is 8.31. The average Bonchev–Trinajstić information content (AvgIpc) is 3.33. The Balaban J connectivity index is 1.40. The van der Waals surface area contributed by atoms with Gasteiger partial charge in [0.2, 0.25) is 5.91 Å². The lowest BCUT2D eigenvalue weighted by atomic mass is 10.1. The topological polar surface area (TPSA) is 44.4 Å². The van der Waals surface area contributed by atoms with Gasteiger partial charge in [-0.2, -0.15) is 0 Å². The summed E-state index contributed by atoms with van der Waals surface area (Å²) in [5, 5.41) is 6.20. The van der Waals surface area contributed by atoms with Crippen LogP contribution in [0.3, 0.4) is 0 Å². The summed E-state index contributed by atoms with van der Waals surface area (Å²) in [4.78, 5) is 14.5. The summed E-state index contributed by atoms with van der Waals surface area (Å²) in [7, 11) is 0. The van der Waals surface area contributed by atoms with Gasteiger partial charge in [-0.1, -0.05) is 6.07 Å². The third-order valence-corrected chi connectivity index (χ3v) is 4.66. The highest BCUT2D eigenvalue weighted by atomic mass is 19.1. The summed E-state index contributed by atoms with van der Waals surface area (Å²) in [6, 6.07) is 3.85. The lowest BCUT2D eigenvalue weighted by Gasteiger charge is -2.27. The first kappa shape index (κ1) is 16.3. The summed E-state index contributed by atoms with van der Waals surface area (Å²) >= 11 is 0. The molecule has 2 unspecified atom stereocenters. The van der Waals surface area contributed by atoms with E-state index < -0.39 is 11.6 Å². The first-order valence-electron chi connectivity index (χ1n) is 8.31. The van der Waals surface area contributed by atoms with E-state index in [0.717, 1.165) is 39.1 Å². The smallest absolute Gasteiger partial charge is 0.223 e. The number of piperazine rings is 1. The second-order valence-electron chi connectivity index (χ2n) is 6.32. The van der Waals surface area contributed by atoms with Crippen molar-refractivity contribution in [2.24, 2.45) is 5.92 Å². The number of hydrogen-bond donors (Lipinski definition) is 2. The van der Waals surface area contributed by atoms with Crippen molar-refractivity contribution in [1.29, 1.82) is 0 Å². The molecule has 1 aliphatic carbocycles. The fourth-order valence-corrected chi connectivity index (χ4v) is 3.25. The molecule has 1 saturated heterocycles. The fraction of sp³-hybridized carbons (Fsp3) is 0.588. The molecular formula is C17H23F2N3O. The molecule has 0 radical (unpaired) electrons. The van der Waals surface area contributed by atoms with Crippen LogP contribution >= 0.6 is 0 Å². The van der Waals surface area contributed by atoms with Crippen molar-refractivity contribution < 1.29 is 13.6 Å². The number of carbonyl (C=O) groups is 1. The maximum absolute atomic E-state index is 13.7. The molecule has 1 saturated carbocycles. The van der Waals surface area contributed by atoms with Crippen molar-refractivity contribution in [2.75, 3.05) is 39.3 Å². The van der Waals surface area contributed by atoms with Crippen molar-refractivity contribution >= 4 is 5.91 Å². The first-order chi connectivity index (χ1) is 11.2. The second kappa shape index (κ2) is 7.36. The minimum Gasteiger partial charge on any atom is -0.356 e. The summed E-state index contributed by atoms with van der Waals surface area (Å²) in [5.74, 6) is -1.80. The van der Waals surface area contributed by atoms with Crippen LogP contribution in [0, 0.1) is 17.6 Å². The van der Waals surface area contributed by atoms with Crippen molar-refractivity contribution in [3.05, 3.63) is 35.4 Å². The van der Waals surface area contributed by atoms with E-state index in [1.54, 1.807) is 0 Å². The molecule has 3 rings (SSSR count). The zero-order valence-electron chi connectivity index (χ0n) is 13.2. The third kappa shape index (κ3) is 4.06. The summed E-state index contributed by atoms with van der Waals surface area (Å²) in [6.45, 7) is 5.72. The van der Waals surface area contributed by atoms with E-state index in [1.165, 1.54) is 18.2 Å². The Hall–Kier alpha value is -1.53. The highest BCUT2D eigenvalue weighted by Crippen LogP contribution is 2.49. The molecule has 0 aromatic heterocycles. The number of amides is 1. The lowest BCUT2D eigenvalue weighted by molar-refractivity contribution is -0.122. The van der Waals surface area contributed by atoms with Crippen molar-refractivity contribution in [2.45, 2.75) is 18.8 Å². The molecule has 1 aromatic carbocycles. The Morgan fingerprint density at radius 3 is 2.65 bits per heavy atom. The summed E-state index contributed by atoms with van der Waals surface area (Å²) < 4.78 is 27.4. The number of nitrogens with one attached hydrogen (secondary N) is 2.